The number of nitrogens with two attached hydrogens (primary N) is 1. The normalized spacial score (nSPS) is 26.0. The summed E-state index contributed by atoms with van der Waals surface area (Å²) in [4.78, 5) is 33.9. The Morgan fingerprint density at radius 1 is 1.44 bits per heavy atom. The number of carboxylic acids is 1. The summed E-state index contributed by atoms with van der Waals surface area (Å²) in [5.41, 5.74) is 3.93. The molecule has 4 N–H and O–H groups in total. The molecule has 0 aromatic carbocycles. The number of amides is 1. The topological polar surface area (TPSA) is 119 Å². The number of esters is 1. The van der Waals surface area contributed by atoms with Crippen LogP contribution in [0.15, 0.2) is 0 Å². The van der Waals surface area contributed by atoms with Crippen LogP contribution in [0.1, 0.15) is 26.7 Å². The fraction of sp³-hybridized carbons (Fsp3) is 0.727. The van der Waals surface area contributed by atoms with E-state index < -0.39 is 41.3 Å². The molecule has 0 heterocycles. The van der Waals surface area contributed by atoms with Gasteiger partial charge in [0, 0.05) is 5.41 Å². The van der Waals surface area contributed by atoms with Crippen molar-refractivity contribution in [2.45, 2.75) is 38.3 Å². The molecule has 1 rings (SSSR count). The number of hydrogen-bond acceptors (Lipinski definition) is 5. The summed E-state index contributed by atoms with van der Waals surface area (Å²) in [6.07, 6.45) is -0.0400. The first-order valence-electron chi connectivity index (χ1n) is 5.54. The molecule has 0 bridgehead atoms. The highest BCUT2D eigenvalue weighted by Crippen LogP contribution is 2.56. The maximum absolute atomic E-state index is 11.7. The van der Waals surface area contributed by atoms with Crippen molar-refractivity contribution in [2.75, 3.05) is 7.11 Å². The summed E-state index contributed by atoms with van der Waals surface area (Å²) in [6, 6.07) is -1.18. The van der Waals surface area contributed by atoms with Gasteiger partial charge in [-0.2, -0.15) is 0 Å². The molecule has 1 aliphatic carbocycles. The Labute approximate surface area is 105 Å². The minimum atomic E-state index is -1.18. The highest BCUT2D eigenvalue weighted by atomic mass is 16.5. The number of nitrogens with one attached hydrogen (secondary N) is 1. The molecule has 0 aromatic heterocycles. The largest absolute Gasteiger partial charge is 0.481 e. The van der Waals surface area contributed by atoms with Crippen LogP contribution in [0.2, 0.25) is 0 Å². The quantitative estimate of drug-likeness (QED) is 0.558. The second-order valence-corrected chi connectivity index (χ2v) is 5.15. The Bertz CT molecular complexity index is 393. The van der Waals surface area contributed by atoms with E-state index in [-0.39, 0.29) is 0 Å². The van der Waals surface area contributed by atoms with E-state index in [2.05, 4.69) is 10.1 Å². The zero-order valence-corrected chi connectivity index (χ0v) is 10.6. The zero-order chi connectivity index (χ0) is 14.1. The highest BCUT2D eigenvalue weighted by Gasteiger charge is 2.68. The van der Waals surface area contributed by atoms with Gasteiger partial charge >= 0.3 is 11.9 Å². The van der Waals surface area contributed by atoms with Gasteiger partial charge in [-0.1, -0.05) is 13.8 Å². The van der Waals surface area contributed by atoms with Crippen molar-refractivity contribution in [3.63, 3.8) is 0 Å². The zero-order valence-electron chi connectivity index (χ0n) is 10.6. The van der Waals surface area contributed by atoms with Crippen LogP contribution in [0, 0.1) is 5.41 Å². The molecule has 1 aliphatic rings. The number of carboxylic acid groups (broad SMARTS) is 1. The molecule has 1 saturated carbocycles. The predicted octanol–water partition coefficient (Wildman–Crippen LogP) is -0.754. The summed E-state index contributed by atoms with van der Waals surface area (Å²) in [5.74, 6) is -2.36. The molecular formula is C11H18N2O5. The average Bonchev–Trinajstić information content (AvgIpc) is 2.79. The molecule has 1 amide bonds. The van der Waals surface area contributed by atoms with Crippen LogP contribution in [0.5, 0.6) is 0 Å². The molecule has 0 aliphatic heterocycles. The lowest BCUT2D eigenvalue weighted by molar-refractivity contribution is -0.148. The molecule has 1 fully saturated rings. The summed E-state index contributed by atoms with van der Waals surface area (Å²) < 4.78 is 4.66. The van der Waals surface area contributed by atoms with Gasteiger partial charge in [0.25, 0.3) is 0 Å². The van der Waals surface area contributed by atoms with Gasteiger partial charge in [0.2, 0.25) is 5.91 Å². The number of aliphatic carboxylic acids is 1. The van der Waals surface area contributed by atoms with Gasteiger partial charge in [0.05, 0.1) is 19.6 Å². The van der Waals surface area contributed by atoms with Crippen LogP contribution in [0.4, 0.5) is 0 Å². The fourth-order valence-electron chi connectivity index (χ4n) is 1.99. The fourth-order valence-corrected chi connectivity index (χ4v) is 1.99. The van der Waals surface area contributed by atoms with Crippen molar-refractivity contribution < 1.29 is 24.2 Å². The smallest absolute Gasteiger partial charge is 0.332 e. The van der Waals surface area contributed by atoms with Gasteiger partial charge in [-0.05, 0) is 6.42 Å². The Balaban J connectivity index is 2.73. The summed E-state index contributed by atoms with van der Waals surface area (Å²) >= 11 is 0. The first-order chi connectivity index (χ1) is 8.16. The number of methoxy groups -OCH3 is 1. The minimum Gasteiger partial charge on any atom is -0.481 e. The van der Waals surface area contributed by atoms with E-state index in [0.717, 1.165) is 0 Å². The predicted molar refractivity (Wildman–Crippen MR) is 61.5 cm³/mol. The van der Waals surface area contributed by atoms with Crippen LogP contribution in [-0.4, -0.2) is 41.6 Å². The maximum atomic E-state index is 11.7. The molecule has 102 valence electrons. The number of carbonyl (C=O) groups excluding carboxylic acids is 2. The van der Waals surface area contributed by atoms with Crippen molar-refractivity contribution >= 4 is 17.8 Å². The van der Waals surface area contributed by atoms with Crippen LogP contribution in [0.3, 0.4) is 0 Å². The highest BCUT2D eigenvalue weighted by molar-refractivity contribution is 5.95. The maximum Gasteiger partial charge on any atom is 0.332 e. The minimum absolute atomic E-state index is 0.418. The lowest BCUT2D eigenvalue weighted by Crippen LogP contribution is -2.53. The van der Waals surface area contributed by atoms with Crippen LogP contribution >= 0.6 is 0 Å². The molecule has 2 atom stereocenters. The van der Waals surface area contributed by atoms with Gasteiger partial charge in [-0.3, -0.25) is 9.59 Å². The van der Waals surface area contributed by atoms with Gasteiger partial charge < -0.3 is 20.9 Å². The molecule has 7 nitrogen and oxygen atoms in total. The van der Waals surface area contributed by atoms with E-state index in [1.807, 2.05) is 13.8 Å². The van der Waals surface area contributed by atoms with E-state index in [9.17, 15) is 14.4 Å². The van der Waals surface area contributed by atoms with E-state index in [1.54, 1.807) is 0 Å². The number of carbonyl (C=O) groups is 3. The molecule has 0 aromatic rings. The van der Waals surface area contributed by atoms with E-state index >= 15 is 0 Å². The second kappa shape index (κ2) is 4.56. The summed E-state index contributed by atoms with van der Waals surface area (Å²) in [7, 11) is 1.24. The van der Waals surface area contributed by atoms with Crippen molar-refractivity contribution in [3.8, 4) is 0 Å². The Morgan fingerprint density at radius 3 is 2.28 bits per heavy atom. The van der Waals surface area contributed by atoms with Crippen molar-refractivity contribution in [2.24, 2.45) is 11.1 Å². The number of hydrogen-bond donors (Lipinski definition) is 3. The van der Waals surface area contributed by atoms with E-state index in [0.29, 0.717) is 6.42 Å². The lowest BCUT2D eigenvalue weighted by Gasteiger charge is -2.21. The first-order valence-corrected chi connectivity index (χ1v) is 5.54. The summed E-state index contributed by atoms with van der Waals surface area (Å²) in [5, 5.41) is 11.1. The second-order valence-electron chi connectivity index (χ2n) is 5.15. The third-order valence-corrected chi connectivity index (χ3v) is 3.34. The van der Waals surface area contributed by atoms with Crippen LogP contribution < -0.4 is 11.1 Å². The molecule has 7 heteroatoms. The molecule has 0 radical (unpaired) electrons. The molecule has 2 unspecified atom stereocenters. The van der Waals surface area contributed by atoms with Crippen LogP contribution in [-0.2, 0) is 19.1 Å². The Kier molecular flexibility index (Phi) is 3.66. The monoisotopic (exact) mass is 258 g/mol. The average molecular weight is 258 g/mol. The molecule has 0 spiro atoms. The first kappa shape index (κ1) is 14.4. The van der Waals surface area contributed by atoms with Gasteiger partial charge in [0.1, 0.15) is 5.54 Å². The third-order valence-electron chi connectivity index (χ3n) is 3.34. The van der Waals surface area contributed by atoms with E-state index in [1.165, 1.54) is 7.11 Å². The summed E-state index contributed by atoms with van der Waals surface area (Å²) in [6.45, 7) is 3.62. The van der Waals surface area contributed by atoms with Crippen molar-refractivity contribution in [1.82, 2.24) is 5.32 Å². The molecular weight excluding hydrogens is 240 g/mol. The third kappa shape index (κ3) is 2.45. The SMILES string of the molecule is COC(=O)C1(NC(=O)C(N)CC(=O)O)CC1(C)C. The Hall–Kier alpha value is -1.63. The standard InChI is InChI=1S/C11H18N2O5/c1-10(2)5-11(10,9(17)18-3)13-8(16)6(12)4-7(14)15/h6H,4-5,12H2,1-3H3,(H,13,16)(H,14,15). The number of rotatable bonds is 5. The van der Waals surface area contributed by atoms with Gasteiger partial charge in [-0.15, -0.1) is 0 Å². The molecule has 18 heavy (non-hydrogen) atoms. The van der Waals surface area contributed by atoms with E-state index in [4.69, 9.17) is 10.8 Å². The van der Waals surface area contributed by atoms with Crippen molar-refractivity contribution in [1.29, 1.82) is 0 Å². The van der Waals surface area contributed by atoms with Gasteiger partial charge in [0.15, 0.2) is 0 Å². The van der Waals surface area contributed by atoms with Crippen LogP contribution in [0.25, 0.3) is 0 Å². The number of ether oxygens (including phenoxy) is 1. The van der Waals surface area contributed by atoms with Crippen molar-refractivity contribution in [3.05, 3.63) is 0 Å². The Morgan fingerprint density at radius 2 is 1.94 bits per heavy atom. The lowest BCUT2D eigenvalue weighted by atomic mass is 10.0. The molecule has 0 saturated heterocycles. The van der Waals surface area contributed by atoms with Gasteiger partial charge in [-0.25, -0.2) is 4.79 Å².